The molecule has 0 saturated heterocycles. The van der Waals surface area contributed by atoms with E-state index in [9.17, 15) is 8.42 Å². The molecule has 108 valence electrons. The van der Waals surface area contributed by atoms with E-state index in [4.69, 9.17) is 23.2 Å². The van der Waals surface area contributed by atoms with E-state index in [1.807, 2.05) is 6.92 Å². The van der Waals surface area contributed by atoms with Crippen LogP contribution in [0.1, 0.15) is 5.56 Å². The first-order chi connectivity index (χ1) is 9.89. The summed E-state index contributed by atoms with van der Waals surface area (Å²) in [6, 6.07) is 11.6. The number of benzene rings is 2. The summed E-state index contributed by atoms with van der Waals surface area (Å²) in [5, 5.41) is 1.46. The number of aromatic nitrogens is 1. The van der Waals surface area contributed by atoms with Crippen molar-refractivity contribution in [3.8, 4) is 0 Å². The van der Waals surface area contributed by atoms with Gasteiger partial charge in [-0.1, -0.05) is 40.9 Å². The van der Waals surface area contributed by atoms with Crippen LogP contribution in [0.2, 0.25) is 10.0 Å². The van der Waals surface area contributed by atoms with Gasteiger partial charge in [-0.05, 0) is 37.3 Å². The summed E-state index contributed by atoms with van der Waals surface area (Å²) in [7, 11) is -3.69. The fourth-order valence-electron chi connectivity index (χ4n) is 2.19. The van der Waals surface area contributed by atoms with E-state index in [1.165, 1.54) is 16.2 Å². The van der Waals surface area contributed by atoms with Crippen LogP contribution in [-0.4, -0.2) is 12.4 Å². The van der Waals surface area contributed by atoms with Crippen LogP contribution in [0.15, 0.2) is 53.6 Å². The largest absolute Gasteiger partial charge is 0.268 e. The number of hydrogen-bond acceptors (Lipinski definition) is 2. The first-order valence-electron chi connectivity index (χ1n) is 6.18. The van der Waals surface area contributed by atoms with Crippen molar-refractivity contribution in [1.29, 1.82) is 0 Å². The Morgan fingerprint density at radius 2 is 1.67 bits per heavy atom. The van der Waals surface area contributed by atoms with Crippen molar-refractivity contribution in [2.24, 2.45) is 0 Å². The zero-order valence-corrected chi connectivity index (χ0v) is 13.4. The van der Waals surface area contributed by atoms with Crippen molar-refractivity contribution in [1.82, 2.24) is 3.97 Å². The molecule has 0 atom stereocenters. The van der Waals surface area contributed by atoms with Gasteiger partial charge < -0.3 is 0 Å². The summed E-state index contributed by atoms with van der Waals surface area (Å²) < 4.78 is 26.6. The molecule has 0 spiro atoms. The van der Waals surface area contributed by atoms with Gasteiger partial charge in [0.2, 0.25) is 0 Å². The van der Waals surface area contributed by atoms with Gasteiger partial charge in [-0.15, -0.1) is 0 Å². The summed E-state index contributed by atoms with van der Waals surface area (Å²) in [5.41, 5.74) is 1.43. The van der Waals surface area contributed by atoms with Crippen LogP contribution in [0.4, 0.5) is 0 Å². The second-order valence-electron chi connectivity index (χ2n) is 4.76. The van der Waals surface area contributed by atoms with E-state index in [1.54, 1.807) is 36.4 Å². The SMILES string of the molecule is Cc1ccc(S(=O)(=O)n2ccc3cc(Cl)cc(Cl)c32)cc1. The predicted molar refractivity (Wildman–Crippen MR) is 85.7 cm³/mol. The number of rotatable bonds is 2. The average molecular weight is 340 g/mol. The molecular weight excluding hydrogens is 329 g/mol. The number of nitrogens with zero attached hydrogens (tertiary/aromatic N) is 1. The fraction of sp³-hybridized carbons (Fsp3) is 0.0667. The number of halogens is 2. The van der Waals surface area contributed by atoms with Crippen LogP contribution < -0.4 is 0 Å². The van der Waals surface area contributed by atoms with Crippen molar-refractivity contribution < 1.29 is 8.42 Å². The van der Waals surface area contributed by atoms with Crippen LogP contribution in [0.25, 0.3) is 10.9 Å². The van der Waals surface area contributed by atoms with Crippen LogP contribution in [-0.2, 0) is 10.0 Å². The molecular formula is C15H11Cl2NO2S. The normalized spacial score (nSPS) is 12.0. The van der Waals surface area contributed by atoms with Crippen molar-refractivity contribution in [2.45, 2.75) is 11.8 Å². The molecule has 0 N–H and O–H groups in total. The van der Waals surface area contributed by atoms with E-state index >= 15 is 0 Å². The van der Waals surface area contributed by atoms with Crippen LogP contribution in [0, 0.1) is 6.92 Å². The lowest BCUT2D eigenvalue weighted by atomic mass is 10.2. The molecule has 21 heavy (non-hydrogen) atoms. The Hall–Kier alpha value is -1.49. The Morgan fingerprint density at radius 3 is 2.33 bits per heavy atom. The van der Waals surface area contributed by atoms with Gasteiger partial charge in [0.05, 0.1) is 15.4 Å². The van der Waals surface area contributed by atoms with Crippen molar-refractivity contribution in [3.63, 3.8) is 0 Å². The molecule has 0 aliphatic heterocycles. The van der Waals surface area contributed by atoms with Gasteiger partial charge in [0.1, 0.15) is 0 Å². The molecule has 3 nitrogen and oxygen atoms in total. The summed E-state index contributed by atoms with van der Waals surface area (Å²) >= 11 is 12.1. The summed E-state index contributed by atoms with van der Waals surface area (Å²) in [5.74, 6) is 0. The molecule has 0 fully saturated rings. The number of hydrogen-bond donors (Lipinski definition) is 0. The van der Waals surface area contributed by atoms with Gasteiger partial charge in [-0.3, -0.25) is 0 Å². The Balaban J connectivity index is 2.27. The van der Waals surface area contributed by atoms with Crippen LogP contribution in [0.5, 0.6) is 0 Å². The van der Waals surface area contributed by atoms with Gasteiger partial charge in [0.25, 0.3) is 10.0 Å². The van der Waals surface area contributed by atoms with E-state index in [0.29, 0.717) is 20.9 Å². The van der Waals surface area contributed by atoms with Crippen molar-refractivity contribution in [2.75, 3.05) is 0 Å². The Bertz CT molecular complexity index is 928. The first-order valence-corrected chi connectivity index (χ1v) is 8.37. The monoisotopic (exact) mass is 339 g/mol. The zero-order chi connectivity index (χ0) is 15.2. The van der Waals surface area contributed by atoms with E-state index < -0.39 is 10.0 Å². The lowest BCUT2D eigenvalue weighted by Gasteiger charge is -2.09. The molecule has 3 aromatic rings. The van der Waals surface area contributed by atoms with Crippen LogP contribution in [0.3, 0.4) is 0 Å². The second-order valence-corrected chi connectivity index (χ2v) is 7.41. The average Bonchev–Trinajstić information content (AvgIpc) is 2.83. The van der Waals surface area contributed by atoms with Gasteiger partial charge in [-0.25, -0.2) is 12.4 Å². The maximum absolute atomic E-state index is 12.7. The fourth-order valence-corrected chi connectivity index (χ4v) is 4.21. The highest BCUT2D eigenvalue weighted by molar-refractivity contribution is 7.90. The number of fused-ring (bicyclic) bond motifs is 1. The zero-order valence-electron chi connectivity index (χ0n) is 11.0. The lowest BCUT2D eigenvalue weighted by Crippen LogP contribution is -2.11. The molecule has 1 aromatic heterocycles. The molecule has 0 saturated carbocycles. The molecule has 1 heterocycles. The predicted octanol–water partition coefficient (Wildman–Crippen LogP) is 4.49. The van der Waals surface area contributed by atoms with E-state index in [0.717, 1.165) is 5.56 Å². The maximum atomic E-state index is 12.7. The summed E-state index contributed by atoms with van der Waals surface area (Å²) in [6.07, 6.45) is 1.49. The molecule has 0 radical (unpaired) electrons. The number of aryl methyl sites for hydroxylation is 1. The maximum Gasteiger partial charge on any atom is 0.268 e. The molecule has 0 aliphatic carbocycles. The molecule has 0 aliphatic rings. The quantitative estimate of drug-likeness (QED) is 0.689. The lowest BCUT2D eigenvalue weighted by molar-refractivity contribution is 0.589. The summed E-state index contributed by atoms with van der Waals surface area (Å²) in [4.78, 5) is 0.219. The highest BCUT2D eigenvalue weighted by Gasteiger charge is 2.20. The third kappa shape index (κ3) is 2.44. The minimum Gasteiger partial charge on any atom is -0.240 e. The third-order valence-corrected chi connectivity index (χ3v) is 5.44. The third-order valence-electron chi connectivity index (χ3n) is 3.25. The molecule has 6 heteroatoms. The van der Waals surface area contributed by atoms with Gasteiger partial charge >= 0.3 is 0 Å². The summed E-state index contributed by atoms with van der Waals surface area (Å²) in [6.45, 7) is 1.90. The minimum atomic E-state index is -3.69. The van der Waals surface area contributed by atoms with E-state index in [2.05, 4.69) is 0 Å². The molecule has 0 unspecified atom stereocenters. The van der Waals surface area contributed by atoms with Crippen LogP contribution >= 0.6 is 23.2 Å². The van der Waals surface area contributed by atoms with Gasteiger partial charge in [0.15, 0.2) is 0 Å². The van der Waals surface area contributed by atoms with Gasteiger partial charge in [0, 0.05) is 16.6 Å². The Labute approximate surface area is 132 Å². The highest BCUT2D eigenvalue weighted by atomic mass is 35.5. The van der Waals surface area contributed by atoms with Crippen molar-refractivity contribution >= 4 is 44.1 Å². The Morgan fingerprint density at radius 1 is 1.00 bits per heavy atom. The van der Waals surface area contributed by atoms with Gasteiger partial charge in [-0.2, -0.15) is 0 Å². The molecule has 0 bridgehead atoms. The highest BCUT2D eigenvalue weighted by Crippen LogP contribution is 2.31. The topological polar surface area (TPSA) is 39.1 Å². The molecule has 2 aromatic carbocycles. The Kier molecular flexibility index (Phi) is 3.48. The van der Waals surface area contributed by atoms with Crippen molar-refractivity contribution in [3.05, 3.63) is 64.3 Å². The smallest absolute Gasteiger partial charge is 0.240 e. The first kappa shape index (κ1) is 14.4. The molecule has 3 rings (SSSR count). The second kappa shape index (κ2) is 5.05. The standard InChI is InChI=1S/C15H11Cl2NO2S/c1-10-2-4-13(5-3-10)21(19,20)18-7-6-11-8-12(16)9-14(17)15(11)18/h2-9H,1H3. The van der Waals surface area contributed by atoms with E-state index in [-0.39, 0.29) is 4.90 Å². The molecule has 0 amide bonds. The minimum absolute atomic E-state index is 0.219.